The molecule has 17 heavy (non-hydrogen) atoms. The summed E-state index contributed by atoms with van der Waals surface area (Å²) in [4.78, 5) is 13.5. The fraction of sp³-hybridized carbons (Fsp3) is 0.917. The molecule has 1 rings (SSSR count). The minimum atomic E-state index is -0.525. The summed E-state index contributed by atoms with van der Waals surface area (Å²) in [7, 11) is 1.62. The molecule has 1 fully saturated rings. The molecule has 1 heterocycles. The zero-order valence-corrected chi connectivity index (χ0v) is 11.3. The van der Waals surface area contributed by atoms with E-state index in [1.54, 1.807) is 12.0 Å². The Bertz CT molecular complexity index is 287. The quantitative estimate of drug-likeness (QED) is 0.798. The van der Waals surface area contributed by atoms with E-state index in [0.717, 1.165) is 0 Å². The van der Waals surface area contributed by atoms with E-state index in [1.807, 2.05) is 27.7 Å². The summed E-state index contributed by atoms with van der Waals surface area (Å²) in [6.07, 6.45) is 0.233. The summed E-state index contributed by atoms with van der Waals surface area (Å²) in [6.45, 7) is 7.78. The molecule has 1 saturated heterocycles. The highest BCUT2D eigenvalue weighted by Crippen LogP contribution is 2.30. The Labute approximate surface area is 103 Å². The van der Waals surface area contributed by atoms with Gasteiger partial charge in [-0.2, -0.15) is 0 Å². The molecule has 5 nitrogen and oxygen atoms in total. The van der Waals surface area contributed by atoms with Gasteiger partial charge in [0.05, 0.1) is 24.8 Å². The van der Waals surface area contributed by atoms with Gasteiger partial charge in [-0.3, -0.25) is 4.90 Å². The van der Waals surface area contributed by atoms with Gasteiger partial charge in [0, 0.05) is 13.5 Å². The van der Waals surface area contributed by atoms with Crippen LogP contribution in [0.4, 0.5) is 4.79 Å². The first kappa shape index (κ1) is 14.3. The molecule has 0 aromatic heterocycles. The second kappa shape index (κ2) is 4.82. The molecule has 0 spiro atoms. The largest absolute Gasteiger partial charge is 0.444 e. The zero-order valence-electron chi connectivity index (χ0n) is 11.3. The molecule has 2 atom stereocenters. The number of aliphatic hydroxyl groups excluding tert-OH is 1. The van der Waals surface area contributed by atoms with Crippen LogP contribution in [0.2, 0.25) is 0 Å². The Kier molecular flexibility index (Phi) is 4.04. The number of carbonyl (C=O) groups is 1. The van der Waals surface area contributed by atoms with Crippen LogP contribution in [0.3, 0.4) is 0 Å². The Hall–Kier alpha value is -0.810. The minimum absolute atomic E-state index is 0.0712. The molecule has 0 aromatic rings. The van der Waals surface area contributed by atoms with Gasteiger partial charge < -0.3 is 14.6 Å². The highest BCUT2D eigenvalue weighted by Gasteiger charge is 2.44. The summed E-state index contributed by atoms with van der Waals surface area (Å²) in [5.74, 6) is 0. The van der Waals surface area contributed by atoms with E-state index in [4.69, 9.17) is 9.47 Å². The monoisotopic (exact) mass is 245 g/mol. The first-order chi connectivity index (χ1) is 7.71. The summed E-state index contributed by atoms with van der Waals surface area (Å²) in [6, 6.07) is -0.227. The molecule has 1 amide bonds. The number of hydrogen-bond donors (Lipinski definition) is 1. The molecule has 0 aliphatic carbocycles. The van der Waals surface area contributed by atoms with Gasteiger partial charge in [-0.15, -0.1) is 0 Å². The lowest BCUT2D eigenvalue weighted by Crippen LogP contribution is -2.42. The molecule has 0 saturated carbocycles. The molecule has 1 aliphatic rings. The summed E-state index contributed by atoms with van der Waals surface area (Å²) in [5.41, 5.74) is -0.923. The predicted molar refractivity (Wildman–Crippen MR) is 63.8 cm³/mol. The number of aliphatic hydroxyl groups is 1. The van der Waals surface area contributed by atoms with Gasteiger partial charge in [0.1, 0.15) is 5.60 Å². The number of likely N-dealkylation sites (tertiary alicyclic amines) is 1. The van der Waals surface area contributed by atoms with Crippen LogP contribution < -0.4 is 0 Å². The molecular formula is C12H23NO4. The Morgan fingerprint density at radius 1 is 1.53 bits per heavy atom. The van der Waals surface area contributed by atoms with Crippen molar-refractivity contribution in [1.29, 1.82) is 0 Å². The van der Waals surface area contributed by atoms with E-state index >= 15 is 0 Å². The van der Waals surface area contributed by atoms with Gasteiger partial charge >= 0.3 is 6.09 Å². The molecule has 100 valence electrons. The average Bonchev–Trinajstić information content (AvgIpc) is 2.54. The first-order valence-corrected chi connectivity index (χ1v) is 5.86. The van der Waals surface area contributed by atoms with E-state index in [2.05, 4.69) is 0 Å². The lowest BCUT2D eigenvalue weighted by molar-refractivity contribution is 0.000455. The normalized spacial score (nSPS) is 29.5. The van der Waals surface area contributed by atoms with Crippen molar-refractivity contribution >= 4 is 6.09 Å². The standard InChI is InChI=1S/C12H23NO4/c1-11(2,3)17-10(15)13-8-12(4,16-5)6-9(13)7-14/h9,14H,6-8H2,1-5H3/t9-,12?/m1/s1. The number of hydrogen-bond acceptors (Lipinski definition) is 4. The van der Waals surface area contributed by atoms with Gasteiger partial charge in [-0.1, -0.05) is 0 Å². The second-order valence-electron chi connectivity index (χ2n) is 5.80. The topological polar surface area (TPSA) is 59.0 Å². The van der Waals surface area contributed by atoms with Crippen molar-refractivity contribution < 1.29 is 19.4 Å². The number of methoxy groups -OCH3 is 1. The first-order valence-electron chi connectivity index (χ1n) is 5.86. The maximum atomic E-state index is 12.0. The molecule has 5 heteroatoms. The minimum Gasteiger partial charge on any atom is -0.444 e. The molecule has 0 radical (unpaired) electrons. The fourth-order valence-corrected chi connectivity index (χ4v) is 2.01. The average molecular weight is 245 g/mol. The van der Waals surface area contributed by atoms with Crippen LogP contribution in [0.15, 0.2) is 0 Å². The smallest absolute Gasteiger partial charge is 0.410 e. The Morgan fingerprint density at radius 2 is 2.12 bits per heavy atom. The van der Waals surface area contributed by atoms with Crippen molar-refractivity contribution in [3.63, 3.8) is 0 Å². The molecule has 0 bridgehead atoms. The number of nitrogens with zero attached hydrogens (tertiary/aromatic N) is 1. The van der Waals surface area contributed by atoms with Crippen molar-refractivity contribution in [2.24, 2.45) is 0 Å². The van der Waals surface area contributed by atoms with Crippen molar-refractivity contribution in [2.75, 3.05) is 20.3 Å². The Morgan fingerprint density at radius 3 is 2.53 bits per heavy atom. The predicted octanol–water partition coefficient (Wildman–Crippen LogP) is 1.39. The van der Waals surface area contributed by atoms with Crippen molar-refractivity contribution in [2.45, 2.75) is 51.4 Å². The van der Waals surface area contributed by atoms with E-state index in [9.17, 15) is 9.90 Å². The zero-order chi connectivity index (χ0) is 13.3. The van der Waals surface area contributed by atoms with Gasteiger partial charge in [-0.05, 0) is 27.7 Å². The third kappa shape index (κ3) is 3.57. The lowest BCUT2D eigenvalue weighted by Gasteiger charge is -2.28. The van der Waals surface area contributed by atoms with E-state index in [1.165, 1.54) is 0 Å². The number of rotatable bonds is 2. The van der Waals surface area contributed by atoms with Crippen LogP contribution in [0.25, 0.3) is 0 Å². The molecule has 0 aromatic carbocycles. The van der Waals surface area contributed by atoms with Crippen molar-refractivity contribution in [1.82, 2.24) is 4.90 Å². The van der Waals surface area contributed by atoms with Crippen LogP contribution in [0.5, 0.6) is 0 Å². The lowest BCUT2D eigenvalue weighted by atomic mass is 10.0. The van der Waals surface area contributed by atoms with E-state index in [-0.39, 0.29) is 12.6 Å². The highest BCUT2D eigenvalue weighted by atomic mass is 16.6. The van der Waals surface area contributed by atoms with Crippen molar-refractivity contribution in [3.8, 4) is 0 Å². The number of carbonyl (C=O) groups excluding carboxylic acids is 1. The summed E-state index contributed by atoms with van der Waals surface area (Å²) >= 11 is 0. The summed E-state index contributed by atoms with van der Waals surface area (Å²) < 4.78 is 10.7. The maximum Gasteiger partial charge on any atom is 0.410 e. The van der Waals surface area contributed by atoms with Crippen LogP contribution in [-0.2, 0) is 9.47 Å². The molecule has 1 aliphatic heterocycles. The van der Waals surface area contributed by atoms with E-state index < -0.39 is 17.3 Å². The molecule has 1 unspecified atom stereocenters. The van der Waals surface area contributed by atoms with E-state index in [0.29, 0.717) is 13.0 Å². The van der Waals surface area contributed by atoms with Gasteiger partial charge in [0.2, 0.25) is 0 Å². The van der Waals surface area contributed by atoms with Gasteiger partial charge in [-0.25, -0.2) is 4.79 Å². The van der Waals surface area contributed by atoms with Crippen LogP contribution >= 0.6 is 0 Å². The van der Waals surface area contributed by atoms with Crippen LogP contribution in [0.1, 0.15) is 34.1 Å². The maximum absolute atomic E-state index is 12.0. The molecule has 1 N–H and O–H groups in total. The van der Waals surface area contributed by atoms with Crippen molar-refractivity contribution in [3.05, 3.63) is 0 Å². The van der Waals surface area contributed by atoms with Crippen LogP contribution in [-0.4, -0.2) is 53.6 Å². The summed E-state index contributed by atoms with van der Waals surface area (Å²) in [5, 5.41) is 9.31. The number of amides is 1. The fourth-order valence-electron chi connectivity index (χ4n) is 2.01. The molecular weight excluding hydrogens is 222 g/mol. The van der Waals surface area contributed by atoms with Crippen LogP contribution in [0, 0.1) is 0 Å². The van der Waals surface area contributed by atoms with Gasteiger partial charge in [0.15, 0.2) is 0 Å². The SMILES string of the molecule is COC1(C)C[C@H](CO)N(C(=O)OC(C)(C)C)C1. The third-order valence-corrected chi connectivity index (χ3v) is 2.94. The third-order valence-electron chi connectivity index (χ3n) is 2.94. The Balaban J connectivity index is 2.73. The second-order valence-corrected chi connectivity index (χ2v) is 5.80. The highest BCUT2D eigenvalue weighted by molar-refractivity contribution is 5.69. The van der Waals surface area contributed by atoms with Gasteiger partial charge in [0.25, 0.3) is 0 Å². The number of ether oxygens (including phenoxy) is 2.